The number of carbonyl (C=O) groups is 2. The van der Waals surface area contributed by atoms with Gasteiger partial charge in [-0.3, -0.25) is 9.59 Å². The minimum Gasteiger partial charge on any atom is -0.468 e. The minimum absolute atomic E-state index is 0.0376. The van der Waals surface area contributed by atoms with Gasteiger partial charge in [-0.1, -0.05) is 5.57 Å². The van der Waals surface area contributed by atoms with E-state index in [0.29, 0.717) is 25.7 Å². The lowest BCUT2D eigenvalue weighted by atomic mass is 9.80. The first-order valence-electron chi connectivity index (χ1n) is 5.29. The molecule has 1 aliphatic carbocycles. The third-order valence-corrected chi connectivity index (χ3v) is 3.10. The summed E-state index contributed by atoms with van der Waals surface area (Å²) in [5, 5.41) is 0. The van der Waals surface area contributed by atoms with E-state index in [2.05, 4.69) is 6.58 Å². The van der Waals surface area contributed by atoms with Crippen LogP contribution in [0.4, 0.5) is 0 Å². The van der Waals surface area contributed by atoms with Crippen LogP contribution in [0.3, 0.4) is 0 Å². The molecule has 0 N–H and O–H groups in total. The molecule has 3 heteroatoms. The van der Waals surface area contributed by atoms with Crippen molar-refractivity contribution in [1.82, 2.24) is 0 Å². The highest BCUT2D eigenvalue weighted by molar-refractivity contribution is 6.05. The molecule has 1 unspecified atom stereocenters. The molecule has 0 amide bonds. The Kier molecular flexibility index (Phi) is 3.66. The Morgan fingerprint density at radius 3 is 2.67 bits per heavy atom. The summed E-state index contributed by atoms with van der Waals surface area (Å²) >= 11 is 0. The summed E-state index contributed by atoms with van der Waals surface area (Å²) < 4.78 is 4.75. The van der Waals surface area contributed by atoms with Crippen molar-refractivity contribution in [2.24, 2.45) is 5.41 Å². The topological polar surface area (TPSA) is 43.4 Å². The van der Waals surface area contributed by atoms with Gasteiger partial charge in [0.1, 0.15) is 11.2 Å². The van der Waals surface area contributed by atoms with E-state index in [1.165, 1.54) is 7.11 Å². The van der Waals surface area contributed by atoms with E-state index in [0.717, 1.165) is 12.0 Å². The molecule has 15 heavy (non-hydrogen) atoms. The molecule has 0 heterocycles. The minimum atomic E-state index is -0.867. The van der Waals surface area contributed by atoms with Gasteiger partial charge >= 0.3 is 5.97 Å². The molecule has 84 valence electrons. The Balaban J connectivity index is 2.81. The van der Waals surface area contributed by atoms with Gasteiger partial charge in [0, 0.05) is 6.42 Å². The maximum atomic E-state index is 11.8. The lowest BCUT2D eigenvalue weighted by molar-refractivity contribution is -0.156. The number of allylic oxidation sites excluding steroid dienone is 1. The van der Waals surface area contributed by atoms with Gasteiger partial charge in [-0.2, -0.15) is 0 Å². The summed E-state index contributed by atoms with van der Waals surface area (Å²) in [6.45, 7) is 5.70. The maximum absolute atomic E-state index is 11.8. The molecule has 1 atom stereocenters. The van der Waals surface area contributed by atoms with Crippen molar-refractivity contribution >= 4 is 11.8 Å². The van der Waals surface area contributed by atoms with E-state index in [4.69, 9.17) is 4.74 Å². The first-order chi connectivity index (χ1) is 7.03. The number of carbonyl (C=O) groups excluding carboxylic acids is 2. The molecular formula is C12H18O3. The van der Waals surface area contributed by atoms with Gasteiger partial charge < -0.3 is 4.74 Å². The number of esters is 1. The Morgan fingerprint density at radius 1 is 1.60 bits per heavy atom. The average Bonchev–Trinajstić information content (AvgIpc) is 2.57. The van der Waals surface area contributed by atoms with Crippen LogP contribution in [0.15, 0.2) is 12.2 Å². The van der Waals surface area contributed by atoms with Crippen molar-refractivity contribution in [3.8, 4) is 0 Å². The lowest BCUT2D eigenvalue weighted by Gasteiger charge is -2.24. The van der Waals surface area contributed by atoms with Crippen molar-refractivity contribution in [2.45, 2.75) is 39.0 Å². The lowest BCUT2D eigenvalue weighted by Crippen LogP contribution is -2.36. The first kappa shape index (κ1) is 12.0. The molecule has 1 aliphatic rings. The van der Waals surface area contributed by atoms with Crippen molar-refractivity contribution in [2.75, 3.05) is 7.11 Å². The highest BCUT2D eigenvalue weighted by atomic mass is 16.5. The van der Waals surface area contributed by atoms with Crippen molar-refractivity contribution < 1.29 is 14.3 Å². The van der Waals surface area contributed by atoms with E-state index in [9.17, 15) is 9.59 Å². The summed E-state index contributed by atoms with van der Waals surface area (Å²) in [6.07, 6.45) is 3.19. The van der Waals surface area contributed by atoms with Crippen LogP contribution in [-0.2, 0) is 14.3 Å². The van der Waals surface area contributed by atoms with Gasteiger partial charge in [0.05, 0.1) is 7.11 Å². The maximum Gasteiger partial charge on any atom is 0.319 e. The summed E-state index contributed by atoms with van der Waals surface area (Å²) in [5.41, 5.74) is 0.131. The van der Waals surface area contributed by atoms with Crippen LogP contribution >= 0.6 is 0 Å². The highest BCUT2D eigenvalue weighted by Crippen LogP contribution is 2.40. The summed E-state index contributed by atoms with van der Waals surface area (Å²) in [7, 11) is 1.34. The Hall–Kier alpha value is -1.12. The average molecular weight is 210 g/mol. The molecule has 0 saturated heterocycles. The quantitative estimate of drug-likeness (QED) is 0.406. The predicted molar refractivity (Wildman–Crippen MR) is 57.4 cm³/mol. The predicted octanol–water partition coefficient (Wildman–Crippen LogP) is 2.26. The number of ketones is 1. The van der Waals surface area contributed by atoms with Crippen LogP contribution < -0.4 is 0 Å². The van der Waals surface area contributed by atoms with Crippen LogP contribution in [0.25, 0.3) is 0 Å². The van der Waals surface area contributed by atoms with Gasteiger partial charge in [0.25, 0.3) is 0 Å². The molecule has 1 saturated carbocycles. The SMILES string of the molecule is C=C(C)CCC1(C(=O)OC)CCCC1=O. The molecular weight excluding hydrogens is 192 g/mol. The molecule has 0 aromatic rings. The smallest absolute Gasteiger partial charge is 0.319 e. The zero-order valence-electron chi connectivity index (χ0n) is 9.47. The normalized spacial score (nSPS) is 25.3. The zero-order valence-corrected chi connectivity index (χ0v) is 9.47. The molecule has 0 spiro atoms. The van der Waals surface area contributed by atoms with Crippen LogP contribution in [0, 0.1) is 5.41 Å². The number of hydrogen-bond donors (Lipinski definition) is 0. The molecule has 1 fully saturated rings. The number of ether oxygens (including phenoxy) is 1. The second kappa shape index (κ2) is 4.60. The van der Waals surface area contributed by atoms with Crippen molar-refractivity contribution in [3.05, 3.63) is 12.2 Å². The van der Waals surface area contributed by atoms with E-state index in [-0.39, 0.29) is 11.8 Å². The van der Waals surface area contributed by atoms with Crippen molar-refractivity contribution in [3.63, 3.8) is 0 Å². The van der Waals surface area contributed by atoms with E-state index < -0.39 is 5.41 Å². The summed E-state index contributed by atoms with van der Waals surface area (Å²) in [6, 6.07) is 0. The number of rotatable bonds is 4. The molecule has 1 rings (SSSR count). The Labute approximate surface area is 90.5 Å². The molecule has 0 aromatic heterocycles. The van der Waals surface area contributed by atoms with Gasteiger partial charge in [0.2, 0.25) is 0 Å². The second-order valence-corrected chi connectivity index (χ2v) is 4.31. The van der Waals surface area contributed by atoms with Gasteiger partial charge in [-0.15, -0.1) is 6.58 Å². The fourth-order valence-electron chi connectivity index (χ4n) is 2.13. The highest BCUT2D eigenvalue weighted by Gasteiger charge is 2.48. The molecule has 0 aliphatic heterocycles. The van der Waals surface area contributed by atoms with Crippen LogP contribution in [-0.4, -0.2) is 18.9 Å². The second-order valence-electron chi connectivity index (χ2n) is 4.31. The fraction of sp³-hybridized carbons (Fsp3) is 0.667. The van der Waals surface area contributed by atoms with E-state index >= 15 is 0 Å². The molecule has 3 nitrogen and oxygen atoms in total. The molecule has 0 aromatic carbocycles. The Morgan fingerprint density at radius 2 is 2.27 bits per heavy atom. The van der Waals surface area contributed by atoms with Gasteiger partial charge in [-0.25, -0.2) is 0 Å². The number of methoxy groups -OCH3 is 1. The van der Waals surface area contributed by atoms with E-state index in [1.807, 2.05) is 6.92 Å². The van der Waals surface area contributed by atoms with E-state index in [1.54, 1.807) is 0 Å². The number of Topliss-reactive ketones (excluding diaryl/α,β-unsaturated/α-hetero) is 1. The van der Waals surface area contributed by atoms with Crippen LogP contribution in [0.2, 0.25) is 0 Å². The fourth-order valence-corrected chi connectivity index (χ4v) is 2.13. The van der Waals surface area contributed by atoms with Crippen LogP contribution in [0.5, 0.6) is 0 Å². The van der Waals surface area contributed by atoms with Gasteiger partial charge in [-0.05, 0) is 32.6 Å². The molecule has 0 bridgehead atoms. The third-order valence-electron chi connectivity index (χ3n) is 3.10. The Bertz CT molecular complexity index is 293. The largest absolute Gasteiger partial charge is 0.468 e. The monoisotopic (exact) mass is 210 g/mol. The van der Waals surface area contributed by atoms with Crippen molar-refractivity contribution in [1.29, 1.82) is 0 Å². The third kappa shape index (κ3) is 2.28. The zero-order chi connectivity index (χ0) is 11.5. The van der Waals surface area contributed by atoms with Crippen LogP contribution in [0.1, 0.15) is 39.0 Å². The van der Waals surface area contributed by atoms with Gasteiger partial charge in [0.15, 0.2) is 0 Å². The summed E-state index contributed by atoms with van der Waals surface area (Å²) in [4.78, 5) is 23.5. The summed E-state index contributed by atoms with van der Waals surface area (Å²) in [5.74, 6) is -0.332. The molecule has 0 radical (unpaired) electrons. The standard InChI is InChI=1S/C12H18O3/c1-9(2)6-8-12(11(14)15-3)7-4-5-10(12)13/h1,4-8H2,2-3H3. The first-order valence-corrected chi connectivity index (χ1v) is 5.29. The number of hydrogen-bond acceptors (Lipinski definition) is 3.